The topological polar surface area (TPSA) is 65.5 Å². The second-order valence-corrected chi connectivity index (χ2v) is 6.46. The number of thioether (sulfide) groups is 1. The van der Waals surface area contributed by atoms with E-state index in [1.165, 1.54) is 16.0 Å². The zero-order valence-electron chi connectivity index (χ0n) is 14.7. The van der Waals surface area contributed by atoms with Crippen LogP contribution in [-0.4, -0.2) is 38.3 Å². The van der Waals surface area contributed by atoms with E-state index in [0.717, 1.165) is 5.96 Å². The third-order valence-corrected chi connectivity index (χ3v) is 4.17. The summed E-state index contributed by atoms with van der Waals surface area (Å²) in [6.07, 6.45) is 2.09. The lowest BCUT2D eigenvalue weighted by Crippen LogP contribution is -2.41. The smallest absolute Gasteiger partial charge is 0.222 e. The summed E-state index contributed by atoms with van der Waals surface area (Å²) >= 11 is 1.75. The standard InChI is InChI=1S/C17H28N4OS/c1-12(2)16(22)19-8-9-20-17(18-4)21-11-14-7-6-13(3)10-15(14)23-5/h6-7,10,12H,8-9,11H2,1-5H3,(H,19,22)(H2,18,20,21). The van der Waals surface area contributed by atoms with E-state index >= 15 is 0 Å². The Morgan fingerprint density at radius 3 is 2.52 bits per heavy atom. The molecule has 0 bridgehead atoms. The summed E-state index contributed by atoms with van der Waals surface area (Å²) in [4.78, 5) is 17.0. The van der Waals surface area contributed by atoms with Crippen molar-refractivity contribution in [1.29, 1.82) is 0 Å². The van der Waals surface area contributed by atoms with E-state index in [-0.39, 0.29) is 11.8 Å². The van der Waals surface area contributed by atoms with Crippen LogP contribution in [0.3, 0.4) is 0 Å². The van der Waals surface area contributed by atoms with Gasteiger partial charge in [-0.15, -0.1) is 11.8 Å². The molecule has 0 heterocycles. The van der Waals surface area contributed by atoms with Gasteiger partial charge >= 0.3 is 0 Å². The van der Waals surface area contributed by atoms with Crippen LogP contribution in [0.5, 0.6) is 0 Å². The maximum atomic E-state index is 11.5. The molecule has 1 rings (SSSR count). The van der Waals surface area contributed by atoms with Gasteiger partial charge in [-0.25, -0.2) is 0 Å². The van der Waals surface area contributed by atoms with Gasteiger partial charge in [-0.05, 0) is 30.4 Å². The van der Waals surface area contributed by atoms with Crippen molar-refractivity contribution in [3.63, 3.8) is 0 Å². The normalized spacial score (nSPS) is 11.5. The van der Waals surface area contributed by atoms with Gasteiger partial charge in [-0.1, -0.05) is 26.0 Å². The van der Waals surface area contributed by atoms with E-state index in [1.807, 2.05) is 13.8 Å². The first-order valence-corrected chi connectivity index (χ1v) is 9.06. The van der Waals surface area contributed by atoms with Crippen LogP contribution in [0, 0.1) is 12.8 Å². The minimum absolute atomic E-state index is 0.0129. The summed E-state index contributed by atoms with van der Waals surface area (Å²) in [7, 11) is 1.74. The summed E-state index contributed by atoms with van der Waals surface area (Å²) in [5, 5.41) is 9.38. The summed E-state index contributed by atoms with van der Waals surface area (Å²) in [6.45, 7) is 7.80. The Labute approximate surface area is 143 Å². The lowest BCUT2D eigenvalue weighted by Gasteiger charge is -2.14. The zero-order valence-corrected chi connectivity index (χ0v) is 15.5. The van der Waals surface area contributed by atoms with Crippen LogP contribution in [0.1, 0.15) is 25.0 Å². The number of hydrogen-bond donors (Lipinski definition) is 3. The number of aryl methyl sites for hydroxylation is 1. The fourth-order valence-corrected chi connectivity index (χ4v) is 2.67. The number of nitrogens with one attached hydrogen (secondary N) is 3. The van der Waals surface area contributed by atoms with Crippen LogP contribution in [0.25, 0.3) is 0 Å². The van der Waals surface area contributed by atoms with E-state index in [4.69, 9.17) is 0 Å². The van der Waals surface area contributed by atoms with Crippen molar-refractivity contribution < 1.29 is 4.79 Å². The Bertz CT molecular complexity index is 543. The van der Waals surface area contributed by atoms with Gasteiger partial charge in [0.1, 0.15) is 0 Å². The number of carbonyl (C=O) groups excluding carboxylic acids is 1. The van der Waals surface area contributed by atoms with Crippen molar-refractivity contribution in [3.8, 4) is 0 Å². The summed E-state index contributed by atoms with van der Waals surface area (Å²) in [5.41, 5.74) is 2.51. The van der Waals surface area contributed by atoms with E-state index in [1.54, 1.807) is 18.8 Å². The largest absolute Gasteiger partial charge is 0.355 e. The third-order valence-electron chi connectivity index (χ3n) is 3.35. The van der Waals surface area contributed by atoms with E-state index in [9.17, 15) is 4.79 Å². The number of carbonyl (C=O) groups is 1. The molecular weight excluding hydrogens is 308 g/mol. The predicted molar refractivity (Wildman–Crippen MR) is 99.0 cm³/mol. The fraction of sp³-hybridized carbons (Fsp3) is 0.529. The van der Waals surface area contributed by atoms with Crippen LogP contribution < -0.4 is 16.0 Å². The monoisotopic (exact) mass is 336 g/mol. The highest BCUT2D eigenvalue weighted by Gasteiger charge is 2.06. The van der Waals surface area contributed by atoms with Gasteiger partial charge < -0.3 is 16.0 Å². The van der Waals surface area contributed by atoms with Crippen LogP contribution in [0.15, 0.2) is 28.1 Å². The molecule has 5 nitrogen and oxygen atoms in total. The van der Waals surface area contributed by atoms with Gasteiger partial charge in [0.15, 0.2) is 5.96 Å². The molecule has 1 aromatic carbocycles. The van der Waals surface area contributed by atoms with E-state index in [0.29, 0.717) is 19.6 Å². The summed E-state index contributed by atoms with van der Waals surface area (Å²) in [6, 6.07) is 6.46. The van der Waals surface area contributed by atoms with Gasteiger partial charge in [0.2, 0.25) is 5.91 Å². The lowest BCUT2D eigenvalue weighted by molar-refractivity contribution is -0.123. The van der Waals surface area contributed by atoms with Gasteiger partial charge in [-0.3, -0.25) is 9.79 Å². The molecule has 0 aliphatic heterocycles. The molecule has 0 saturated carbocycles. The quantitative estimate of drug-likeness (QED) is 0.309. The van der Waals surface area contributed by atoms with Crippen molar-refractivity contribution in [2.24, 2.45) is 10.9 Å². The Morgan fingerprint density at radius 2 is 1.91 bits per heavy atom. The molecule has 1 amide bonds. The predicted octanol–water partition coefficient (Wildman–Crippen LogP) is 2.15. The first-order chi connectivity index (χ1) is 11.0. The van der Waals surface area contributed by atoms with Crippen LogP contribution >= 0.6 is 11.8 Å². The molecule has 0 atom stereocenters. The molecule has 3 N–H and O–H groups in total. The highest BCUT2D eigenvalue weighted by atomic mass is 32.2. The number of benzene rings is 1. The maximum Gasteiger partial charge on any atom is 0.222 e. The molecule has 23 heavy (non-hydrogen) atoms. The fourth-order valence-electron chi connectivity index (χ4n) is 1.97. The third kappa shape index (κ3) is 6.95. The van der Waals surface area contributed by atoms with Crippen molar-refractivity contribution in [3.05, 3.63) is 29.3 Å². The van der Waals surface area contributed by atoms with Crippen LogP contribution in [0.2, 0.25) is 0 Å². The van der Waals surface area contributed by atoms with E-state index in [2.05, 4.69) is 52.3 Å². The second kappa shape index (κ2) is 10.2. The van der Waals surface area contributed by atoms with Gasteiger partial charge in [0.05, 0.1) is 0 Å². The molecule has 0 spiro atoms. The Kier molecular flexibility index (Phi) is 8.55. The van der Waals surface area contributed by atoms with Gasteiger partial charge in [0.25, 0.3) is 0 Å². The Hall–Kier alpha value is -1.69. The van der Waals surface area contributed by atoms with Crippen LogP contribution in [0.4, 0.5) is 0 Å². The van der Waals surface area contributed by atoms with Crippen molar-refractivity contribution >= 4 is 23.6 Å². The highest BCUT2D eigenvalue weighted by molar-refractivity contribution is 7.98. The molecule has 0 fully saturated rings. The van der Waals surface area contributed by atoms with Crippen LogP contribution in [-0.2, 0) is 11.3 Å². The number of amides is 1. The van der Waals surface area contributed by atoms with Crippen molar-refractivity contribution in [1.82, 2.24) is 16.0 Å². The molecule has 0 saturated heterocycles. The molecule has 0 aliphatic carbocycles. The second-order valence-electron chi connectivity index (χ2n) is 5.61. The van der Waals surface area contributed by atoms with Crippen molar-refractivity contribution in [2.45, 2.75) is 32.2 Å². The molecule has 128 valence electrons. The molecule has 0 radical (unpaired) electrons. The number of aliphatic imine (C=N–C) groups is 1. The van der Waals surface area contributed by atoms with Gasteiger partial charge in [0, 0.05) is 37.5 Å². The molecule has 6 heteroatoms. The average molecular weight is 337 g/mol. The maximum absolute atomic E-state index is 11.5. The van der Waals surface area contributed by atoms with E-state index < -0.39 is 0 Å². The number of nitrogens with zero attached hydrogens (tertiary/aromatic N) is 1. The number of hydrogen-bond acceptors (Lipinski definition) is 3. The molecule has 0 unspecified atom stereocenters. The number of guanidine groups is 1. The molecule has 1 aromatic rings. The molecule has 0 aliphatic rings. The average Bonchev–Trinajstić information content (AvgIpc) is 2.54. The molecular formula is C17H28N4OS. The van der Waals surface area contributed by atoms with Gasteiger partial charge in [-0.2, -0.15) is 0 Å². The Morgan fingerprint density at radius 1 is 1.22 bits per heavy atom. The lowest BCUT2D eigenvalue weighted by atomic mass is 10.1. The summed E-state index contributed by atoms with van der Waals surface area (Å²) < 4.78 is 0. The minimum Gasteiger partial charge on any atom is -0.355 e. The molecule has 0 aromatic heterocycles. The SMILES string of the molecule is CN=C(NCCNC(=O)C(C)C)NCc1ccc(C)cc1SC. The highest BCUT2D eigenvalue weighted by Crippen LogP contribution is 2.21. The van der Waals surface area contributed by atoms with Crippen molar-refractivity contribution in [2.75, 3.05) is 26.4 Å². The zero-order chi connectivity index (χ0) is 17.2. The summed E-state index contributed by atoms with van der Waals surface area (Å²) in [5.74, 6) is 0.814. The minimum atomic E-state index is 0.0129. The first-order valence-electron chi connectivity index (χ1n) is 7.83. The number of rotatable bonds is 7. The Balaban J connectivity index is 2.41. The first kappa shape index (κ1) is 19.4.